The lowest BCUT2D eigenvalue weighted by Gasteiger charge is -2.18. The molecule has 0 fully saturated rings. The fraction of sp³-hybridized carbons (Fsp3) is 0.222. The molecule has 0 aliphatic heterocycles. The summed E-state index contributed by atoms with van der Waals surface area (Å²) in [4.78, 5) is 12.6. The third-order valence-electron chi connectivity index (χ3n) is 3.99. The largest absolute Gasteiger partial charge is 0.497 e. The standard InChI is InChI=1S/C18H19N5O3/c1-12(16-10-15(25-2)8-9-17(16)26-3)20-18(24)13-4-6-14(7-5-13)23-11-19-21-22-23/h4-12H,1-3H3,(H,20,24). The minimum Gasteiger partial charge on any atom is -0.497 e. The molecule has 8 heteroatoms. The van der Waals surface area contributed by atoms with Crippen LogP contribution in [0.2, 0.25) is 0 Å². The first kappa shape index (κ1) is 17.4. The molecule has 1 heterocycles. The van der Waals surface area contributed by atoms with E-state index in [-0.39, 0.29) is 11.9 Å². The molecule has 0 saturated heterocycles. The minimum absolute atomic E-state index is 0.189. The lowest BCUT2D eigenvalue weighted by Crippen LogP contribution is -2.27. The van der Waals surface area contributed by atoms with Crippen LogP contribution in [-0.4, -0.2) is 40.3 Å². The normalized spacial score (nSPS) is 11.7. The van der Waals surface area contributed by atoms with Gasteiger partial charge in [-0.25, -0.2) is 4.68 Å². The lowest BCUT2D eigenvalue weighted by atomic mass is 10.1. The van der Waals surface area contributed by atoms with Crippen molar-refractivity contribution >= 4 is 5.91 Å². The number of hydrogen-bond donors (Lipinski definition) is 1. The molecule has 26 heavy (non-hydrogen) atoms. The van der Waals surface area contributed by atoms with Gasteiger partial charge in [0.15, 0.2) is 0 Å². The molecule has 1 amide bonds. The molecule has 1 aromatic heterocycles. The van der Waals surface area contributed by atoms with Crippen molar-refractivity contribution in [3.63, 3.8) is 0 Å². The first-order valence-electron chi connectivity index (χ1n) is 7.98. The van der Waals surface area contributed by atoms with E-state index in [0.29, 0.717) is 17.1 Å². The van der Waals surface area contributed by atoms with Crippen LogP contribution in [0.1, 0.15) is 28.9 Å². The average molecular weight is 353 g/mol. The Morgan fingerprint density at radius 3 is 2.50 bits per heavy atom. The highest BCUT2D eigenvalue weighted by molar-refractivity contribution is 5.94. The molecule has 0 aliphatic carbocycles. The Morgan fingerprint density at radius 1 is 1.12 bits per heavy atom. The van der Waals surface area contributed by atoms with Gasteiger partial charge in [-0.2, -0.15) is 0 Å². The fourth-order valence-corrected chi connectivity index (χ4v) is 2.58. The third kappa shape index (κ3) is 3.64. The monoisotopic (exact) mass is 353 g/mol. The third-order valence-corrected chi connectivity index (χ3v) is 3.99. The lowest BCUT2D eigenvalue weighted by molar-refractivity contribution is 0.0939. The van der Waals surface area contributed by atoms with E-state index in [1.165, 1.54) is 11.0 Å². The molecule has 0 aliphatic rings. The number of rotatable bonds is 6. The molecule has 0 spiro atoms. The Hall–Kier alpha value is -3.42. The van der Waals surface area contributed by atoms with E-state index in [0.717, 1.165) is 11.3 Å². The summed E-state index contributed by atoms with van der Waals surface area (Å²) in [5.74, 6) is 1.20. The number of carbonyl (C=O) groups is 1. The van der Waals surface area contributed by atoms with E-state index < -0.39 is 0 Å². The highest BCUT2D eigenvalue weighted by Gasteiger charge is 2.16. The summed E-state index contributed by atoms with van der Waals surface area (Å²) in [6.45, 7) is 1.89. The molecular formula is C18H19N5O3. The Kier molecular flexibility index (Phi) is 5.12. The predicted molar refractivity (Wildman–Crippen MR) is 94.6 cm³/mol. The van der Waals surface area contributed by atoms with Gasteiger partial charge in [0.05, 0.1) is 25.9 Å². The van der Waals surface area contributed by atoms with Gasteiger partial charge in [-0.3, -0.25) is 4.79 Å². The van der Waals surface area contributed by atoms with Crippen LogP contribution in [0.15, 0.2) is 48.8 Å². The Bertz CT molecular complexity index is 878. The number of aromatic nitrogens is 4. The van der Waals surface area contributed by atoms with Gasteiger partial charge < -0.3 is 14.8 Å². The SMILES string of the molecule is COc1ccc(OC)c(C(C)NC(=O)c2ccc(-n3cnnn3)cc2)c1. The maximum absolute atomic E-state index is 12.6. The molecule has 1 atom stereocenters. The predicted octanol–water partition coefficient (Wildman–Crippen LogP) is 2.17. The number of ether oxygens (including phenoxy) is 2. The van der Waals surface area contributed by atoms with Crippen molar-refractivity contribution in [3.05, 3.63) is 59.9 Å². The molecular weight excluding hydrogens is 334 g/mol. The molecule has 134 valence electrons. The summed E-state index contributed by atoms with van der Waals surface area (Å²) in [5.41, 5.74) is 2.15. The quantitative estimate of drug-likeness (QED) is 0.730. The maximum atomic E-state index is 12.6. The van der Waals surface area contributed by atoms with Crippen LogP contribution in [-0.2, 0) is 0 Å². The van der Waals surface area contributed by atoms with E-state index in [2.05, 4.69) is 20.8 Å². The van der Waals surface area contributed by atoms with E-state index in [4.69, 9.17) is 9.47 Å². The van der Waals surface area contributed by atoms with Crippen molar-refractivity contribution < 1.29 is 14.3 Å². The Balaban J connectivity index is 1.75. The number of amides is 1. The molecule has 0 radical (unpaired) electrons. The van der Waals surface area contributed by atoms with Crippen LogP contribution < -0.4 is 14.8 Å². The second-order valence-corrected chi connectivity index (χ2v) is 5.60. The summed E-state index contributed by atoms with van der Waals surface area (Å²) in [7, 11) is 3.19. The van der Waals surface area contributed by atoms with Gasteiger partial charge in [-0.05, 0) is 59.8 Å². The van der Waals surface area contributed by atoms with Crippen molar-refractivity contribution in [1.82, 2.24) is 25.5 Å². The van der Waals surface area contributed by atoms with E-state index in [1.54, 1.807) is 38.5 Å². The first-order chi connectivity index (χ1) is 12.6. The van der Waals surface area contributed by atoms with Crippen LogP contribution in [0.5, 0.6) is 11.5 Å². The second-order valence-electron chi connectivity index (χ2n) is 5.60. The fourth-order valence-electron chi connectivity index (χ4n) is 2.58. The van der Waals surface area contributed by atoms with Gasteiger partial charge in [-0.1, -0.05) is 0 Å². The first-order valence-corrected chi connectivity index (χ1v) is 7.98. The van der Waals surface area contributed by atoms with E-state index >= 15 is 0 Å². The molecule has 3 rings (SSSR count). The molecule has 0 bridgehead atoms. The number of nitrogens with one attached hydrogen (secondary N) is 1. The second kappa shape index (κ2) is 7.64. The average Bonchev–Trinajstić information content (AvgIpc) is 3.22. The van der Waals surface area contributed by atoms with Gasteiger partial charge >= 0.3 is 0 Å². The van der Waals surface area contributed by atoms with Crippen molar-refractivity contribution in [3.8, 4) is 17.2 Å². The molecule has 2 aromatic carbocycles. The van der Waals surface area contributed by atoms with Crippen LogP contribution in [0, 0.1) is 0 Å². The number of hydrogen-bond acceptors (Lipinski definition) is 6. The van der Waals surface area contributed by atoms with Gasteiger partial charge in [0.2, 0.25) is 0 Å². The summed E-state index contributed by atoms with van der Waals surface area (Å²) in [6, 6.07) is 12.2. The maximum Gasteiger partial charge on any atom is 0.251 e. The minimum atomic E-state index is -0.258. The van der Waals surface area contributed by atoms with E-state index in [9.17, 15) is 4.79 Å². The molecule has 3 aromatic rings. The summed E-state index contributed by atoms with van der Waals surface area (Å²) >= 11 is 0. The van der Waals surface area contributed by atoms with Crippen molar-refractivity contribution in [2.75, 3.05) is 14.2 Å². The highest BCUT2D eigenvalue weighted by Crippen LogP contribution is 2.29. The van der Waals surface area contributed by atoms with Gasteiger partial charge in [0, 0.05) is 11.1 Å². The zero-order valence-corrected chi connectivity index (χ0v) is 14.7. The highest BCUT2D eigenvalue weighted by atomic mass is 16.5. The zero-order valence-electron chi connectivity index (χ0n) is 14.7. The topological polar surface area (TPSA) is 91.2 Å². The summed E-state index contributed by atoms with van der Waals surface area (Å²) in [5, 5.41) is 14.0. The molecule has 1 unspecified atom stereocenters. The summed E-state index contributed by atoms with van der Waals surface area (Å²) < 4.78 is 12.2. The number of nitrogens with zero attached hydrogens (tertiary/aromatic N) is 4. The molecule has 1 N–H and O–H groups in total. The van der Waals surface area contributed by atoms with Crippen LogP contribution in [0.3, 0.4) is 0 Å². The van der Waals surface area contributed by atoms with E-state index in [1.807, 2.05) is 25.1 Å². The zero-order chi connectivity index (χ0) is 18.5. The van der Waals surface area contributed by atoms with Gasteiger partial charge in [-0.15, -0.1) is 5.10 Å². The van der Waals surface area contributed by atoms with Crippen molar-refractivity contribution in [1.29, 1.82) is 0 Å². The number of carbonyl (C=O) groups excluding carboxylic acids is 1. The Morgan fingerprint density at radius 2 is 1.88 bits per heavy atom. The molecule has 8 nitrogen and oxygen atoms in total. The number of tetrazole rings is 1. The van der Waals surface area contributed by atoms with Gasteiger partial charge in [0.25, 0.3) is 5.91 Å². The number of benzene rings is 2. The van der Waals surface area contributed by atoms with Crippen LogP contribution in [0.4, 0.5) is 0 Å². The van der Waals surface area contributed by atoms with Crippen molar-refractivity contribution in [2.45, 2.75) is 13.0 Å². The van der Waals surface area contributed by atoms with Crippen LogP contribution in [0.25, 0.3) is 5.69 Å². The smallest absolute Gasteiger partial charge is 0.251 e. The summed E-state index contributed by atoms with van der Waals surface area (Å²) in [6.07, 6.45) is 1.49. The van der Waals surface area contributed by atoms with Crippen molar-refractivity contribution in [2.24, 2.45) is 0 Å². The Labute approximate surface area is 150 Å². The number of methoxy groups -OCH3 is 2. The van der Waals surface area contributed by atoms with Gasteiger partial charge in [0.1, 0.15) is 17.8 Å². The molecule has 0 saturated carbocycles. The van der Waals surface area contributed by atoms with Crippen LogP contribution >= 0.6 is 0 Å².